The molecule has 1 unspecified atom stereocenters. The Labute approximate surface area is 175 Å². The summed E-state index contributed by atoms with van der Waals surface area (Å²) >= 11 is 0. The number of nitrogens with zero attached hydrogens (tertiary/aromatic N) is 3. The van der Waals surface area contributed by atoms with Crippen LogP contribution in [0.3, 0.4) is 0 Å². The number of benzene rings is 1. The number of likely N-dealkylation sites (tertiary alicyclic amines) is 1. The van der Waals surface area contributed by atoms with Crippen molar-refractivity contribution >= 4 is 23.4 Å². The zero-order valence-corrected chi connectivity index (χ0v) is 17.3. The lowest BCUT2D eigenvalue weighted by molar-refractivity contribution is -0.187. The zero-order valence-electron chi connectivity index (χ0n) is 17.3. The van der Waals surface area contributed by atoms with Crippen LogP contribution in [-0.2, 0) is 19.1 Å². The molecule has 0 aliphatic carbocycles. The molecule has 4 heterocycles. The first-order chi connectivity index (χ1) is 14.5. The minimum atomic E-state index is -0.546. The van der Waals surface area contributed by atoms with Gasteiger partial charge in [0.1, 0.15) is 12.6 Å². The number of carbonyl (C=O) groups is 3. The van der Waals surface area contributed by atoms with Crippen molar-refractivity contribution in [2.45, 2.75) is 44.4 Å². The number of anilines is 1. The van der Waals surface area contributed by atoms with Gasteiger partial charge in [-0.15, -0.1) is 0 Å². The average molecular weight is 413 g/mol. The molecule has 0 N–H and O–H groups in total. The number of ether oxygens (including phenoxy) is 2. The van der Waals surface area contributed by atoms with Crippen LogP contribution in [0.4, 0.5) is 5.69 Å². The predicted molar refractivity (Wildman–Crippen MR) is 108 cm³/mol. The second-order valence-electron chi connectivity index (χ2n) is 8.54. The molecule has 0 radical (unpaired) electrons. The van der Waals surface area contributed by atoms with Gasteiger partial charge < -0.3 is 24.2 Å². The zero-order chi connectivity index (χ0) is 20.9. The third-order valence-electron chi connectivity index (χ3n) is 6.79. The van der Waals surface area contributed by atoms with E-state index in [0.717, 1.165) is 12.0 Å². The molecule has 1 atom stereocenters. The Balaban J connectivity index is 1.40. The summed E-state index contributed by atoms with van der Waals surface area (Å²) in [5.41, 5.74) is 1.91. The summed E-state index contributed by atoms with van der Waals surface area (Å²) in [5.74, 6) is -0.924. The number of hydrogen-bond donors (Lipinski definition) is 0. The van der Waals surface area contributed by atoms with Crippen LogP contribution >= 0.6 is 0 Å². The van der Waals surface area contributed by atoms with Crippen LogP contribution in [0.1, 0.15) is 41.6 Å². The van der Waals surface area contributed by atoms with Crippen molar-refractivity contribution in [3.8, 4) is 0 Å². The third kappa shape index (κ3) is 3.09. The molecule has 3 saturated heterocycles. The summed E-state index contributed by atoms with van der Waals surface area (Å²) < 4.78 is 11.5. The molecule has 3 fully saturated rings. The largest absolute Gasteiger partial charge is 0.347 e. The second kappa shape index (κ2) is 7.35. The van der Waals surface area contributed by atoms with E-state index in [1.807, 2.05) is 19.1 Å². The molecule has 1 aromatic rings. The molecule has 1 aromatic carbocycles. The number of carbonyl (C=O) groups excluding carboxylic acids is 3. The highest BCUT2D eigenvalue weighted by Crippen LogP contribution is 2.35. The van der Waals surface area contributed by atoms with Gasteiger partial charge in [-0.3, -0.25) is 14.4 Å². The van der Waals surface area contributed by atoms with Crippen LogP contribution in [0.2, 0.25) is 0 Å². The van der Waals surface area contributed by atoms with Crippen LogP contribution < -0.4 is 4.90 Å². The molecule has 8 heteroatoms. The number of rotatable bonds is 2. The van der Waals surface area contributed by atoms with E-state index in [1.165, 1.54) is 0 Å². The minimum absolute atomic E-state index is 0.0526. The Morgan fingerprint density at radius 2 is 1.87 bits per heavy atom. The van der Waals surface area contributed by atoms with E-state index in [9.17, 15) is 14.4 Å². The lowest BCUT2D eigenvalue weighted by atomic mass is 10.0. The second-order valence-corrected chi connectivity index (χ2v) is 8.54. The van der Waals surface area contributed by atoms with Crippen molar-refractivity contribution in [3.05, 3.63) is 29.3 Å². The van der Waals surface area contributed by atoms with Crippen LogP contribution in [0.25, 0.3) is 0 Å². The standard InChI is InChI=1S/C22H27N3O5/c1-15-4-2-5-16-19(15)25(21(28)17-6-3-9-24(17)20(16)27)14-18(26)23-10-7-22(8-11-23)29-12-13-30-22/h2,4-5,17H,3,6-14H2,1H3. The van der Waals surface area contributed by atoms with Crippen LogP contribution in [-0.4, -0.2) is 78.7 Å². The summed E-state index contributed by atoms with van der Waals surface area (Å²) in [4.78, 5) is 44.7. The van der Waals surface area contributed by atoms with Crippen molar-refractivity contribution in [2.75, 3.05) is 44.3 Å². The van der Waals surface area contributed by atoms with Gasteiger partial charge in [0.15, 0.2) is 5.79 Å². The molecule has 0 saturated carbocycles. The van der Waals surface area contributed by atoms with Crippen molar-refractivity contribution in [3.63, 3.8) is 0 Å². The maximum atomic E-state index is 13.4. The van der Waals surface area contributed by atoms with E-state index in [-0.39, 0.29) is 24.3 Å². The number of amides is 3. The molecule has 0 aromatic heterocycles. The Morgan fingerprint density at radius 3 is 2.60 bits per heavy atom. The number of piperidine rings is 1. The SMILES string of the molecule is Cc1cccc2c1N(CC(=O)N1CCC3(CC1)OCCO3)C(=O)C1CCCN1C2=O. The Kier molecular flexibility index (Phi) is 4.78. The molecule has 5 rings (SSSR count). The fraction of sp³-hybridized carbons (Fsp3) is 0.591. The quantitative estimate of drug-likeness (QED) is 0.731. The molecule has 160 valence electrons. The van der Waals surface area contributed by atoms with Crippen LogP contribution in [0.15, 0.2) is 18.2 Å². The highest BCUT2D eigenvalue weighted by Gasteiger charge is 2.44. The molecule has 0 bridgehead atoms. The van der Waals surface area contributed by atoms with E-state index in [4.69, 9.17) is 9.47 Å². The van der Waals surface area contributed by atoms with E-state index in [2.05, 4.69) is 0 Å². The average Bonchev–Trinajstić information content (AvgIpc) is 3.40. The third-order valence-corrected chi connectivity index (χ3v) is 6.79. The lowest BCUT2D eigenvalue weighted by Crippen LogP contribution is -2.52. The Morgan fingerprint density at radius 1 is 1.13 bits per heavy atom. The Bertz CT molecular complexity index is 885. The molecule has 8 nitrogen and oxygen atoms in total. The van der Waals surface area contributed by atoms with Gasteiger partial charge in [-0.05, 0) is 31.4 Å². The fourth-order valence-corrected chi connectivity index (χ4v) is 5.18. The van der Waals surface area contributed by atoms with Gasteiger partial charge in [0.25, 0.3) is 5.91 Å². The highest BCUT2D eigenvalue weighted by atomic mass is 16.7. The molecule has 1 spiro atoms. The summed E-state index contributed by atoms with van der Waals surface area (Å²) in [5, 5.41) is 0. The topological polar surface area (TPSA) is 79.4 Å². The fourth-order valence-electron chi connectivity index (χ4n) is 5.18. The first-order valence-corrected chi connectivity index (χ1v) is 10.8. The van der Waals surface area contributed by atoms with Crippen LogP contribution in [0, 0.1) is 6.92 Å². The number of fused-ring (bicyclic) bond motifs is 2. The summed E-state index contributed by atoms with van der Waals surface area (Å²) in [6.07, 6.45) is 2.72. The van der Waals surface area contributed by atoms with Crippen molar-refractivity contribution in [1.82, 2.24) is 9.80 Å². The van der Waals surface area contributed by atoms with Gasteiger partial charge >= 0.3 is 0 Å². The first-order valence-electron chi connectivity index (χ1n) is 10.8. The summed E-state index contributed by atoms with van der Waals surface area (Å²) in [7, 11) is 0. The van der Waals surface area contributed by atoms with Gasteiger partial charge in [0.05, 0.1) is 24.5 Å². The number of aryl methyl sites for hydroxylation is 1. The van der Waals surface area contributed by atoms with Crippen LogP contribution in [0.5, 0.6) is 0 Å². The summed E-state index contributed by atoms with van der Waals surface area (Å²) in [6, 6.07) is 4.99. The molecule has 30 heavy (non-hydrogen) atoms. The van der Waals surface area contributed by atoms with Gasteiger partial charge in [0, 0.05) is 32.5 Å². The van der Waals surface area contributed by atoms with E-state index in [0.29, 0.717) is 63.4 Å². The minimum Gasteiger partial charge on any atom is -0.347 e. The normalized spacial score (nSPS) is 25.5. The molecule has 4 aliphatic rings. The van der Waals surface area contributed by atoms with Crippen molar-refractivity contribution < 1.29 is 23.9 Å². The Hall–Kier alpha value is -2.45. The van der Waals surface area contributed by atoms with E-state index < -0.39 is 11.8 Å². The molecular formula is C22H27N3O5. The lowest BCUT2D eigenvalue weighted by Gasteiger charge is -2.38. The van der Waals surface area contributed by atoms with Gasteiger partial charge in [-0.1, -0.05) is 12.1 Å². The molecule has 3 amide bonds. The van der Waals surface area contributed by atoms with Gasteiger partial charge in [0.2, 0.25) is 11.8 Å². The van der Waals surface area contributed by atoms with Crippen molar-refractivity contribution in [1.29, 1.82) is 0 Å². The van der Waals surface area contributed by atoms with E-state index >= 15 is 0 Å². The number of hydrogen-bond acceptors (Lipinski definition) is 5. The number of para-hydroxylation sites is 1. The maximum absolute atomic E-state index is 13.4. The highest BCUT2D eigenvalue weighted by molar-refractivity contribution is 6.13. The monoisotopic (exact) mass is 413 g/mol. The maximum Gasteiger partial charge on any atom is 0.256 e. The van der Waals surface area contributed by atoms with Gasteiger partial charge in [-0.25, -0.2) is 0 Å². The molecular weight excluding hydrogens is 386 g/mol. The van der Waals surface area contributed by atoms with Gasteiger partial charge in [-0.2, -0.15) is 0 Å². The summed E-state index contributed by atoms with van der Waals surface area (Å²) in [6.45, 7) is 4.68. The van der Waals surface area contributed by atoms with E-state index in [1.54, 1.807) is 20.8 Å². The smallest absolute Gasteiger partial charge is 0.256 e. The van der Waals surface area contributed by atoms with Crippen molar-refractivity contribution in [2.24, 2.45) is 0 Å². The molecule has 4 aliphatic heterocycles. The first kappa shape index (κ1) is 19.5. The predicted octanol–water partition coefficient (Wildman–Crippen LogP) is 1.31.